The van der Waals surface area contributed by atoms with Crippen molar-refractivity contribution in [1.29, 1.82) is 0 Å². The Morgan fingerprint density at radius 3 is 2.96 bits per heavy atom. The molecular formula is C16H19N5O3. The molecule has 0 saturated carbocycles. The molecule has 1 atom stereocenters. The maximum atomic E-state index is 12.3. The van der Waals surface area contributed by atoms with E-state index in [2.05, 4.69) is 15.0 Å². The van der Waals surface area contributed by atoms with E-state index in [9.17, 15) is 9.59 Å². The Balaban J connectivity index is 1.55. The van der Waals surface area contributed by atoms with E-state index in [0.717, 1.165) is 36.3 Å². The van der Waals surface area contributed by atoms with Crippen molar-refractivity contribution in [2.45, 2.75) is 31.7 Å². The van der Waals surface area contributed by atoms with Crippen LogP contribution in [0.15, 0.2) is 34.1 Å². The standard InChI is InChI=1S/C16H19N5O3/c1-19-14(22)15(23)21-11-16(24-9-13(21)18-19)4-6-20(10-16)8-12-3-2-5-17-7-12/h2-3,5,7H,4,6,8-11H2,1H3. The van der Waals surface area contributed by atoms with Crippen LogP contribution in [0.2, 0.25) is 0 Å². The Kier molecular flexibility index (Phi) is 3.58. The van der Waals surface area contributed by atoms with Gasteiger partial charge < -0.3 is 4.74 Å². The van der Waals surface area contributed by atoms with Gasteiger partial charge in [0, 0.05) is 39.1 Å². The van der Waals surface area contributed by atoms with E-state index < -0.39 is 16.7 Å². The second-order valence-corrected chi connectivity index (χ2v) is 6.53. The van der Waals surface area contributed by atoms with Crippen LogP contribution >= 0.6 is 0 Å². The molecule has 2 aromatic rings. The number of aryl methyl sites for hydroxylation is 1. The van der Waals surface area contributed by atoms with E-state index >= 15 is 0 Å². The first-order valence-electron chi connectivity index (χ1n) is 7.99. The first-order valence-corrected chi connectivity index (χ1v) is 7.99. The predicted molar refractivity (Wildman–Crippen MR) is 85.4 cm³/mol. The van der Waals surface area contributed by atoms with Crippen molar-refractivity contribution in [3.8, 4) is 0 Å². The molecule has 8 nitrogen and oxygen atoms in total. The topological polar surface area (TPSA) is 82.3 Å². The van der Waals surface area contributed by atoms with Crippen LogP contribution in [0.4, 0.5) is 0 Å². The molecule has 0 aliphatic carbocycles. The highest BCUT2D eigenvalue weighted by molar-refractivity contribution is 5.10. The van der Waals surface area contributed by atoms with Crippen molar-refractivity contribution in [3.63, 3.8) is 0 Å². The lowest BCUT2D eigenvalue weighted by Gasteiger charge is -2.35. The molecule has 0 amide bonds. The van der Waals surface area contributed by atoms with Gasteiger partial charge in [0.05, 0.1) is 6.54 Å². The summed E-state index contributed by atoms with van der Waals surface area (Å²) in [5.41, 5.74) is -0.386. The number of ether oxygens (including phenoxy) is 1. The molecule has 1 saturated heterocycles. The van der Waals surface area contributed by atoms with Gasteiger partial charge in [-0.25, -0.2) is 4.68 Å². The second-order valence-electron chi connectivity index (χ2n) is 6.53. The van der Waals surface area contributed by atoms with Crippen LogP contribution in [-0.4, -0.2) is 42.9 Å². The summed E-state index contributed by atoms with van der Waals surface area (Å²) in [6.07, 6.45) is 4.45. The fourth-order valence-corrected chi connectivity index (χ4v) is 3.52. The number of hydrogen-bond donors (Lipinski definition) is 0. The van der Waals surface area contributed by atoms with Gasteiger partial charge in [0.1, 0.15) is 12.2 Å². The molecule has 2 aliphatic rings. The highest BCUT2D eigenvalue weighted by Gasteiger charge is 2.43. The van der Waals surface area contributed by atoms with Gasteiger partial charge in [0.15, 0.2) is 5.82 Å². The highest BCUT2D eigenvalue weighted by Crippen LogP contribution is 2.31. The number of hydrogen-bond acceptors (Lipinski definition) is 6. The van der Waals surface area contributed by atoms with E-state index in [1.807, 2.05) is 18.3 Å². The lowest BCUT2D eigenvalue weighted by Crippen LogP contribution is -2.52. The van der Waals surface area contributed by atoms with Crippen LogP contribution in [0.5, 0.6) is 0 Å². The molecule has 1 unspecified atom stereocenters. The van der Waals surface area contributed by atoms with Crippen LogP contribution < -0.4 is 11.1 Å². The number of fused-ring (bicyclic) bond motifs is 1. The Morgan fingerprint density at radius 2 is 2.17 bits per heavy atom. The quantitative estimate of drug-likeness (QED) is 0.692. The summed E-state index contributed by atoms with van der Waals surface area (Å²) in [5.74, 6) is 0.512. The van der Waals surface area contributed by atoms with Crippen molar-refractivity contribution in [2.75, 3.05) is 13.1 Å². The molecule has 0 bridgehead atoms. The zero-order valence-corrected chi connectivity index (χ0v) is 13.5. The van der Waals surface area contributed by atoms with Crippen molar-refractivity contribution < 1.29 is 4.74 Å². The van der Waals surface area contributed by atoms with Gasteiger partial charge in [-0.1, -0.05) is 6.07 Å². The van der Waals surface area contributed by atoms with Crippen LogP contribution in [-0.2, 0) is 31.5 Å². The average molecular weight is 329 g/mol. The Bertz CT molecular complexity index is 876. The number of pyridine rings is 1. The summed E-state index contributed by atoms with van der Waals surface area (Å²) in [4.78, 5) is 30.6. The predicted octanol–water partition coefficient (Wildman–Crippen LogP) is -0.488. The third-order valence-electron chi connectivity index (χ3n) is 4.78. The third kappa shape index (κ3) is 2.57. The zero-order valence-electron chi connectivity index (χ0n) is 13.5. The SMILES string of the molecule is Cn1nc2n(c(=O)c1=O)CC1(CCN(Cc3cccnc3)C1)OC2. The van der Waals surface area contributed by atoms with Crippen LogP contribution in [0.1, 0.15) is 17.8 Å². The fraction of sp³-hybridized carbons (Fsp3) is 0.500. The monoisotopic (exact) mass is 329 g/mol. The lowest BCUT2D eigenvalue weighted by atomic mass is 10.0. The summed E-state index contributed by atoms with van der Waals surface area (Å²) < 4.78 is 8.64. The molecule has 24 heavy (non-hydrogen) atoms. The number of nitrogens with zero attached hydrogens (tertiary/aromatic N) is 5. The first kappa shape index (κ1) is 15.2. The van der Waals surface area contributed by atoms with Crippen molar-refractivity contribution in [3.05, 3.63) is 56.6 Å². The molecular weight excluding hydrogens is 310 g/mol. The molecule has 2 aromatic heterocycles. The number of likely N-dealkylation sites (tertiary alicyclic amines) is 1. The minimum atomic E-state index is -0.596. The molecule has 0 radical (unpaired) electrons. The highest BCUT2D eigenvalue weighted by atomic mass is 16.5. The van der Waals surface area contributed by atoms with Gasteiger partial charge in [-0.05, 0) is 18.1 Å². The van der Waals surface area contributed by atoms with Crippen molar-refractivity contribution in [2.24, 2.45) is 7.05 Å². The molecule has 1 spiro atoms. The zero-order chi connectivity index (χ0) is 16.7. The van der Waals surface area contributed by atoms with Gasteiger partial charge in [-0.2, -0.15) is 5.10 Å². The maximum absolute atomic E-state index is 12.3. The summed E-state index contributed by atoms with van der Waals surface area (Å²) in [6.45, 7) is 3.05. The minimum absolute atomic E-state index is 0.254. The summed E-state index contributed by atoms with van der Waals surface area (Å²) >= 11 is 0. The first-order chi connectivity index (χ1) is 11.6. The summed E-state index contributed by atoms with van der Waals surface area (Å²) in [7, 11) is 1.49. The molecule has 0 aromatic carbocycles. The summed E-state index contributed by atoms with van der Waals surface area (Å²) in [6, 6.07) is 3.97. The lowest BCUT2D eigenvalue weighted by molar-refractivity contribution is -0.0858. The van der Waals surface area contributed by atoms with E-state index in [4.69, 9.17) is 4.74 Å². The average Bonchev–Trinajstić information content (AvgIpc) is 2.97. The van der Waals surface area contributed by atoms with Crippen LogP contribution in [0, 0.1) is 0 Å². The maximum Gasteiger partial charge on any atom is 0.332 e. The van der Waals surface area contributed by atoms with E-state index in [-0.39, 0.29) is 6.61 Å². The Hall–Kier alpha value is -2.32. The van der Waals surface area contributed by atoms with Gasteiger partial charge >= 0.3 is 11.1 Å². The van der Waals surface area contributed by atoms with E-state index in [1.54, 1.807) is 6.20 Å². The third-order valence-corrected chi connectivity index (χ3v) is 4.78. The molecule has 8 heteroatoms. The Labute approximate surface area is 138 Å². The van der Waals surface area contributed by atoms with Gasteiger partial charge in [-0.15, -0.1) is 0 Å². The van der Waals surface area contributed by atoms with E-state index in [1.165, 1.54) is 11.6 Å². The molecule has 0 N–H and O–H groups in total. The molecule has 2 aliphatic heterocycles. The molecule has 1 fully saturated rings. The largest absolute Gasteiger partial charge is 0.364 e. The van der Waals surface area contributed by atoms with E-state index in [0.29, 0.717) is 12.4 Å². The second kappa shape index (κ2) is 5.64. The number of rotatable bonds is 2. The normalized spacial score (nSPS) is 23.5. The Morgan fingerprint density at radius 1 is 1.29 bits per heavy atom. The van der Waals surface area contributed by atoms with Gasteiger partial charge in [0.25, 0.3) is 0 Å². The summed E-state index contributed by atoms with van der Waals surface area (Å²) in [5, 5.41) is 4.14. The van der Waals surface area contributed by atoms with Crippen LogP contribution in [0.3, 0.4) is 0 Å². The van der Waals surface area contributed by atoms with Crippen molar-refractivity contribution in [1.82, 2.24) is 24.2 Å². The molecule has 4 rings (SSSR count). The minimum Gasteiger partial charge on any atom is -0.364 e. The van der Waals surface area contributed by atoms with Gasteiger partial charge in [0.2, 0.25) is 0 Å². The number of aromatic nitrogens is 4. The van der Waals surface area contributed by atoms with Crippen molar-refractivity contribution >= 4 is 0 Å². The smallest absolute Gasteiger partial charge is 0.332 e. The van der Waals surface area contributed by atoms with Crippen LogP contribution in [0.25, 0.3) is 0 Å². The fourth-order valence-electron chi connectivity index (χ4n) is 3.52. The molecule has 4 heterocycles. The molecule has 126 valence electrons. The van der Waals surface area contributed by atoms with Gasteiger partial charge in [-0.3, -0.25) is 24.0 Å².